The molecule has 0 bridgehead atoms. The van der Waals surface area contributed by atoms with Crippen LogP contribution in [0.1, 0.15) is 23.6 Å². The number of hydrogen-bond donors (Lipinski definition) is 1. The van der Waals surface area contributed by atoms with Crippen molar-refractivity contribution >= 4 is 25.2 Å². The summed E-state index contributed by atoms with van der Waals surface area (Å²) in [5.74, 6) is 0. The molecule has 1 nitrogen and oxygen atoms in total. The molecule has 0 saturated heterocycles. The molecule has 0 spiro atoms. The van der Waals surface area contributed by atoms with Crippen LogP contribution < -0.4 is 10.2 Å². The van der Waals surface area contributed by atoms with Crippen molar-refractivity contribution in [2.75, 3.05) is 4.98 Å². The van der Waals surface area contributed by atoms with E-state index in [-0.39, 0.29) is 0 Å². The largest absolute Gasteiger partial charge is 0.407 e. The molecule has 0 saturated carbocycles. The molecule has 108 valence electrons. The fraction of sp³-hybridized carbons (Fsp3) is 0.263. The third kappa shape index (κ3) is 2.81. The summed E-state index contributed by atoms with van der Waals surface area (Å²) in [6, 6.07) is 15.5. The van der Waals surface area contributed by atoms with E-state index in [0.717, 1.165) is 6.42 Å². The zero-order chi connectivity index (χ0) is 15.0. The van der Waals surface area contributed by atoms with Crippen molar-refractivity contribution in [3.05, 3.63) is 64.7 Å². The second-order valence-electron chi connectivity index (χ2n) is 6.66. The molecule has 0 unspecified atom stereocenters. The van der Waals surface area contributed by atoms with Gasteiger partial charge in [-0.2, -0.15) is 0 Å². The zero-order valence-corrected chi connectivity index (χ0v) is 14.3. The van der Waals surface area contributed by atoms with Crippen LogP contribution in [-0.2, 0) is 6.42 Å². The van der Waals surface area contributed by atoms with Crippen molar-refractivity contribution in [3.8, 4) is 0 Å². The standard InChI is InChI=1S/C19H23NSi/c1-14-8-10-17(11-9-14)20-21(3,4)19-7-5-6-16-12-15(2)13-18(16)19/h5-12,20H,13H2,1-4H3. The minimum absolute atomic E-state index is 1.11. The first-order chi connectivity index (χ1) is 9.95. The lowest BCUT2D eigenvalue weighted by Crippen LogP contribution is -2.51. The molecule has 0 fully saturated rings. The van der Waals surface area contributed by atoms with E-state index in [9.17, 15) is 0 Å². The molecule has 0 aromatic heterocycles. The fourth-order valence-electron chi connectivity index (χ4n) is 3.18. The van der Waals surface area contributed by atoms with E-state index in [0.29, 0.717) is 0 Å². The van der Waals surface area contributed by atoms with Crippen LogP contribution in [0.5, 0.6) is 0 Å². The van der Waals surface area contributed by atoms with Crippen LogP contribution in [0.3, 0.4) is 0 Å². The number of allylic oxidation sites excluding steroid dienone is 1. The van der Waals surface area contributed by atoms with Crippen molar-refractivity contribution in [3.63, 3.8) is 0 Å². The first-order valence-corrected chi connectivity index (χ1v) is 10.6. The summed E-state index contributed by atoms with van der Waals surface area (Å²) >= 11 is 0. The summed E-state index contributed by atoms with van der Waals surface area (Å²) in [6.45, 7) is 9.16. The molecule has 0 atom stereocenters. The van der Waals surface area contributed by atoms with E-state index in [4.69, 9.17) is 0 Å². The number of benzene rings is 2. The number of aryl methyl sites for hydroxylation is 1. The SMILES string of the molecule is CC1=Cc2cccc([Si](C)(C)Nc3ccc(C)cc3)c2C1. The molecule has 2 aromatic carbocycles. The van der Waals surface area contributed by atoms with Crippen molar-refractivity contribution in [1.29, 1.82) is 0 Å². The van der Waals surface area contributed by atoms with E-state index in [1.165, 1.54) is 33.1 Å². The Morgan fingerprint density at radius 3 is 2.38 bits per heavy atom. The van der Waals surface area contributed by atoms with Crippen molar-refractivity contribution in [2.24, 2.45) is 0 Å². The van der Waals surface area contributed by atoms with Crippen molar-refractivity contribution in [1.82, 2.24) is 0 Å². The van der Waals surface area contributed by atoms with E-state index in [1.807, 2.05) is 0 Å². The van der Waals surface area contributed by atoms with Gasteiger partial charge in [0.25, 0.3) is 0 Å². The highest BCUT2D eigenvalue weighted by Gasteiger charge is 2.28. The molecule has 0 heterocycles. The van der Waals surface area contributed by atoms with Gasteiger partial charge in [0.1, 0.15) is 0 Å². The molecular weight excluding hydrogens is 270 g/mol. The van der Waals surface area contributed by atoms with Crippen LogP contribution in [0.2, 0.25) is 13.1 Å². The summed E-state index contributed by atoms with van der Waals surface area (Å²) in [5.41, 5.74) is 6.96. The van der Waals surface area contributed by atoms with E-state index in [1.54, 1.807) is 0 Å². The molecule has 2 heteroatoms. The normalized spacial score (nSPS) is 13.8. The smallest absolute Gasteiger partial charge is 0.179 e. The molecule has 1 aliphatic carbocycles. The number of fused-ring (bicyclic) bond motifs is 1. The third-order valence-electron chi connectivity index (χ3n) is 4.25. The lowest BCUT2D eigenvalue weighted by molar-refractivity contribution is 1.20. The van der Waals surface area contributed by atoms with Crippen LogP contribution in [0.4, 0.5) is 5.69 Å². The second-order valence-corrected chi connectivity index (χ2v) is 10.7. The maximum Gasteiger partial charge on any atom is 0.179 e. The summed E-state index contributed by atoms with van der Waals surface area (Å²) in [7, 11) is -1.71. The third-order valence-corrected chi connectivity index (χ3v) is 6.98. The lowest BCUT2D eigenvalue weighted by Gasteiger charge is -2.28. The molecule has 21 heavy (non-hydrogen) atoms. The van der Waals surface area contributed by atoms with Crippen LogP contribution >= 0.6 is 0 Å². The Balaban J connectivity index is 1.93. The summed E-state index contributed by atoms with van der Waals surface area (Å²) in [6.07, 6.45) is 3.44. The number of anilines is 1. The minimum atomic E-state index is -1.71. The van der Waals surface area contributed by atoms with Gasteiger partial charge < -0.3 is 4.98 Å². The van der Waals surface area contributed by atoms with Gasteiger partial charge in [-0.1, -0.05) is 47.5 Å². The number of hydrogen-bond acceptors (Lipinski definition) is 1. The van der Waals surface area contributed by atoms with Crippen LogP contribution in [0.25, 0.3) is 6.08 Å². The molecule has 0 aliphatic heterocycles. The molecule has 3 rings (SSSR count). The molecule has 2 aromatic rings. The Hall–Kier alpha value is -1.80. The minimum Gasteiger partial charge on any atom is -0.407 e. The van der Waals surface area contributed by atoms with Gasteiger partial charge in [-0.15, -0.1) is 0 Å². The second kappa shape index (κ2) is 5.19. The maximum absolute atomic E-state index is 3.82. The molecular formula is C19H23NSi. The van der Waals surface area contributed by atoms with Gasteiger partial charge in [0.2, 0.25) is 0 Å². The first-order valence-electron chi connectivity index (χ1n) is 7.60. The predicted molar refractivity (Wildman–Crippen MR) is 95.7 cm³/mol. The van der Waals surface area contributed by atoms with Crippen LogP contribution in [0, 0.1) is 6.92 Å². The highest BCUT2D eigenvalue weighted by molar-refractivity contribution is 6.92. The van der Waals surface area contributed by atoms with Crippen LogP contribution in [0.15, 0.2) is 48.0 Å². The van der Waals surface area contributed by atoms with Gasteiger partial charge in [-0.25, -0.2) is 0 Å². The quantitative estimate of drug-likeness (QED) is 0.823. The van der Waals surface area contributed by atoms with E-state index >= 15 is 0 Å². The van der Waals surface area contributed by atoms with Gasteiger partial charge in [0.05, 0.1) is 0 Å². The van der Waals surface area contributed by atoms with Crippen LogP contribution in [-0.4, -0.2) is 8.24 Å². The monoisotopic (exact) mass is 293 g/mol. The maximum atomic E-state index is 3.82. The predicted octanol–water partition coefficient (Wildman–Crippen LogP) is 4.48. The van der Waals surface area contributed by atoms with Gasteiger partial charge in [0, 0.05) is 5.69 Å². The average Bonchev–Trinajstić information content (AvgIpc) is 2.80. The Morgan fingerprint density at radius 2 is 1.67 bits per heavy atom. The summed E-state index contributed by atoms with van der Waals surface area (Å²) in [5, 5.41) is 1.54. The highest BCUT2D eigenvalue weighted by atomic mass is 28.3. The number of nitrogens with one attached hydrogen (secondary N) is 1. The zero-order valence-electron chi connectivity index (χ0n) is 13.3. The first kappa shape index (κ1) is 14.1. The van der Waals surface area contributed by atoms with Gasteiger partial charge in [0.15, 0.2) is 8.24 Å². The van der Waals surface area contributed by atoms with Crippen molar-refractivity contribution < 1.29 is 0 Å². The number of rotatable bonds is 3. The van der Waals surface area contributed by atoms with E-state index < -0.39 is 8.24 Å². The Morgan fingerprint density at radius 1 is 0.952 bits per heavy atom. The van der Waals surface area contributed by atoms with E-state index in [2.05, 4.69) is 80.5 Å². The molecule has 1 N–H and O–H groups in total. The molecule has 0 radical (unpaired) electrons. The topological polar surface area (TPSA) is 12.0 Å². The summed E-state index contributed by atoms with van der Waals surface area (Å²) in [4.78, 5) is 3.82. The Labute approximate surface area is 128 Å². The van der Waals surface area contributed by atoms with Gasteiger partial charge in [-0.3, -0.25) is 0 Å². The highest BCUT2D eigenvalue weighted by Crippen LogP contribution is 2.25. The molecule has 0 amide bonds. The molecule has 1 aliphatic rings. The lowest BCUT2D eigenvalue weighted by atomic mass is 10.1. The average molecular weight is 293 g/mol. The summed E-state index contributed by atoms with van der Waals surface area (Å²) < 4.78 is 0. The van der Waals surface area contributed by atoms with Gasteiger partial charge >= 0.3 is 0 Å². The fourth-order valence-corrected chi connectivity index (χ4v) is 5.71. The van der Waals surface area contributed by atoms with Crippen molar-refractivity contribution in [2.45, 2.75) is 33.4 Å². The Kier molecular flexibility index (Phi) is 3.50. The Bertz CT molecular complexity index is 696. The van der Waals surface area contributed by atoms with Gasteiger partial charge in [-0.05, 0) is 61.8 Å².